The van der Waals surface area contributed by atoms with Gasteiger partial charge in [-0.25, -0.2) is 13.2 Å². The van der Waals surface area contributed by atoms with Gasteiger partial charge in [-0.15, -0.1) is 13.2 Å². The Morgan fingerprint density at radius 2 is 2.00 bits per heavy atom. The van der Waals surface area contributed by atoms with E-state index in [9.17, 15) is 26.4 Å². The van der Waals surface area contributed by atoms with Crippen molar-refractivity contribution in [2.45, 2.75) is 50.6 Å². The zero-order valence-corrected chi connectivity index (χ0v) is 16.2. The normalized spacial score (nSPS) is 20.0. The Morgan fingerprint density at radius 1 is 1.32 bits per heavy atom. The van der Waals surface area contributed by atoms with Crippen LogP contribution in [0.25, 0.3) is 0 Å². The molecule has 1 unspecified atom stereocenters. The lowest BCUT2D eigenvalue weighted by Crippen LogP contribution is -2.56. The molecule has 3 rings (SSSR count). The molecule has 0 saturated heterocycles. The summed E-state index contributed by atoms with van der Waals surface area (Å²) >= 11 is 0. The molecule has 1 aromatic carbocycles. The first-order valence-electron chi connectivity index (χ1n) is 9.04. The Kier molecular flexibility index (Phi) is 5.53. The van der Waals surface area contributed by atoms with E-state index in [0.29, 0.717) is 5.41 Å². The number of sulfone groups is 1. The molecule has 2 saturated carbocycles. The molecule has 6 nitrogen and oxygen atoms in total. The van der Waals surface area contributed by atoms with E-state index in [2.05, 4.69) is 15.4 Å². The molecule has 2 aliphatic carbocycles. The van der Waals surface area contributed by atoms with Crippen LogP contribution in [0.4, 0.5) is 18.0 Å². The van der Waals surface area contributed by atoms with Crippen molar-refractivity contribution >= 4 is 15.9 Å². The molecule has 2 fully saturated rings. The maximum absolute atomic E-state index is 12.4. The summed E-state index contributed by atoms with van der Waals surface area (Å²) in [6, 6.07) is 3.47. The van der Waals surface area contributed by atoms with Crippen LogP contribution in [0.3, 0.4) is 0 Å². The lowest BCUT2D eigenvalue weighted by atomic mass is 9.54. The Morgan fingerprint density at radius 3 is 2.54 bits per heavy atom. The largest absolute Gasteiger partial charge is 0.573 e. The molecule has 0 radical (unpaired) electrons. The van der Waals surface area contributed by atoms with Crippen molar-refractivity contribution in [2.75, 3.05) is 12.0 Å². The van der Waals surface area contributed by atoms with E-state index in [1.54, 1.807) is 0 Å². The minimum absolute atomic E-state index is 0.0408. The quantitative estimate of drug-likeness (QED) is 0.740. The summed E-state index contributed by atoms with van der Waals surface area (Å²) in [6.07, 6.45) is 1.52. The third kappa shape index (κ3) is 5.52. The molecular formula is C18H23F3N2O4S. The van der Waals surface area contributed by atoms with Gasteiger partial charge in [-0.1, -0.05) is 18.6 Å². The fraction of sp³-hybridized carbons (Fsp3) is 0.611. The number of carbonyl (C=O) groups excluding carboxylic acids is 1. The molecular weight excluding hydrogens is 397 g/mol. The number of alkyl halides is 3. The molecule has 0 heterocycles. The van der Waals surface area contributed by atoms with E-state index in [4.69, 9.17) is 0 Å². The summed E-state index contributed by atoms with van der Waals surface area (Å²) in [5.41, 5.74) is 0.583. The molecule has 0 bridgehead atoms. The first kappa shape index (κ1) is 20.8. The summed E-state index contributed by atoms with van der Waals surface area (Å²) in [5, 5.41) is 5.40. The predicted molar refractivity (Wildman–Crippen MR) is 96.6 cm³/mol. The van der Waals surface area contributed by atoms with Gasteiger partial charge >= 0.3 is 12.4 Å². The van der Waals surface area contributed by atoms with Crippen LogP contribution in [0.15, 0.2) is 24.3 Å². The highest BCUT2D eigenvalue weighted by atomic mass is 32.2. The van der Waals surface area contributed by atoms with Crippen LogP contribution in [0, 0.1) is 5.41 Å². The van der Waals surface area contributed by atoms with Crippen molar-refractivity contribution in [3.05, 3.63) is 29.8 Å². The number of hydrogen-bond donors (Lipinski definition) is 2. The number of amides is 2. The number of rotatable bonds is 6. The van der Waals surface area contributed by atoms with Gasteiger partial charge in [0.15, 0.2) is 0 Å². The summed E-state index contributed by atoms with van der Waals surface area (Å²) in [4.78, 5) is 12.3. The molecule has 1 atom stereocenters. The minimum atomic E-state index is -4.86. The monoisotopic (exact) mass is 420 g/mol. The summed E-state index contributed by atoms with van der Waals surface area (Å²) in [7, 11) is -3.50. The van der Waals surface area contributed by atoms with E-state index < -0.39 is 39.8 Å². The van der Waals surface area contributed by atoms with E-state index in [-0.39, 0.29) is 11.6 Å². The lowest BCUT2D eigenvalue weighted by molar-refractivity contribution is -0.274. The van der Waals surface area contributed by atoms with Gasteiger partial charge in [-0.05, 0) is 48.8 Å². The van der Waals surface area contributed by atoms with Gasteiger partial charge in [0.1, 0.15) is 15.6 Å². The molecule has 1 spiro atoms. The molecule has 0 aromatic heterocycles. The number of nitrogens with one attached hydrogen (secondary N) is 2. The first-order chi connectivity index (χ1) is 12.9. The van der Waals surface area contributed by atoms with Gasteiger partial charge in [0.2, 0.25) is 0 Å². The Labute approximate surface area is 161 Å². The maximum atomic E-state index is 12.4. The van der Waals surface area contributed by atoms with Crippen LogP contribution in [-0.4, -0.2) is 38.9 Å². The molecule has 2 aliphatic rings. The van der Waals surface area contributed by atoms with Crippen molar-refractivity contribution in [1.82, 2.24) is 10.6 Å². The summed E-state index contributed by atoms with van der Waals surface area (Å²) < 4.78 is 64.7. The highest BCUT2D eigenvalue weighted by Gasteiger charge is 2.48. The van der Waals surface area contributed by atoms with Gasteiger partial charge in [0, 0.05) is 12.3 Å². The standard InChI is InChI=1S/C18H23F3N2O4S/c1-28(25,26)11-15(12-4-2-5-14(8-12)27-18(19,20)21)23-16(24)22-13-9-17(10-13)6-3-7-17/h2,4-5,8,13,15H,3,6-7,9-11H2,1H3,(H2,22,23,24). The van der Waals surface area contributed by atoms with Crippen LogP contribution in [-0.2, 0) is 9.84 Å². The number of hydrogen-bond acceptors (Lipinski definition) is 4. The average molecular weight is 420 g/mol. The molecule has 0 aliphatic heterocycles. The second-order valence-electron chi connectivity index (χ2n) is 7.84. The highest BCUT2D eigenvalue weighted by molar-refractivity contribution is 7.90. The van der Waals surface area contributed by atoms with Crippen LogP contribution < -0.4 is 15.4 Å². The number of benzene rings is 1. The number of carbonyl (C=O) groups is 1. The van der Waals surface area contributed by atoms with Crippen molar-refractivity contribution in [3.8, 4) is 5.75 Å². The second-order valence-corrected chi connectivity index (χ2v) is 10.0. The predicted octanol–water partition coefficient (Wildman–Crippen LogP) is 3.30. The number of halogens is 3. The lowest BCUT2D eigenvalue weighted by Gasteiger charge is -2.54. The van der Waals surface area contributed by atoms with E-state index in [0.717, 1.165) is 31.2 Å². The zero-order valence-electron chi connectivity index (χ0n) is 15.4. The first-order valence-corrected chi connectivity index (χ1v) is 11.1. The molecule has 2 amide bonds. The van der Waals surface area contributed by atoms with Crippen molar-refractivity contribution in [1.29, 1.82) is 0 Å². The fourth-order valence-electron chi connectivity index (χ4n) is 4.01. The Hall–Kier alpha value is -1.97. The highest BCUT2D eigenvalue weighted by Crippen LogP contribution is 2.55. The van der Waals surface area contributed by atoms with E-state index in [1.807, 2.05) is 0 Å². The van der Waals surface area contributed by atoms with Gasteiger partial charge < -0.3 is 15.4 Å². The average Bonchev–Trinajstić information content (AvgIpc) is 2.45. The van der Waals surface area contributed by atoms with Crippen LogP contribution in [0.1, 0.15) is 43.7 Å². The van der Waals surface area contributed by atoms with Crippen molar-refractivity contribution < 1.29 is 31.1 Å². The maximum Gasteiger partial charge on any atom is 0.573 e. The zero-order chi connectivity index (χ0) is 20.6. The summed E-state index contributed by atoms with van der Waals surface area (Å²) in [5.74, 6) is -0.915. The third-order valence-electron chi connectivity index (χ3n) is 5.38. The SMILES string of the molecule is CS(=O)(=O)CC(NC(=O)NC1CC2(CCC2)C1)c1cccc(OC(F)(F)F)c1. The molecule has 1 aromatic rings. The summed E-state index contributed by atoms with van der Waals surface area (Å²) in [6.45, 7) is 0. The molecule has 156 valence electrons. The second kappa shape index (κ2) is 7.46. The van der Waals surface area contributed by atoms with E-state index in [1.165, 1.54) is 31.4 Å². The van der Waals surface area contributed by atoms with Gasteiger partial charge in [-0.3, -0.25) is 0 Å². The van der Waals surface area contributed by atoms with Crippen LogP contribution in [0.2, 0.25) is 0 Å². The van der Waals surface area contributed by atoms with Crippen molar-refractivity contribution in [3.63, 3.8) is 0 Å². The number of ether oxygens (including phenoxy) is 1. The minimum Gasteiger partial charge on any atom is -0.406 e. The topological polar surface area (TPSA) is 84.5 Å². The van der Waals surface area contributed by atoms with Crippen LogP contribution >= 0.6 is 0 Å². The van der Waals surface area contributed by atoms with Crippen molar-refractivity contribution in [2.24, 2.45) is 5.41 Å². The van der Waals surface area contributed by atoms with Gasteiger partial charge in [-0.2, -0.15) is 0 Å². The van der Waals surface area contributed by atoms with Gasteiger partial charge in [0.25, 0.3) is 0 Å². The van der Waals surface area contributed by atoms with Crippen LogP contribution in [0.5, 0.6) is 5.75 Å². The van der Waals surface area contributed by atoms with E-state index >= 15 is 0 Å². The molecule has 10 heteroatoms. The molecule has 28 heavy (non-hydrogen) atoms. The molecule has 2 N–H and O–H groups in total. The smallest absolute Gasteiger partial charge is 0.406 e. The Balaban J connectivity index is 1.66. The Bertz CT molecular complexity index is 829. The third-order valence-corrected chi connectivity index (χ3v) is 6.32. The number of urea groups is 1. The fourth-order valence-corrected chi connectivity index (χ4v) is 4.89. The van der Waals surface area contributed by atoms with Gasteiger partial charge in [0.05, 0.1) is 11.8 Å².